The largest absolute Gasteiger partial charge is 0.310 e. The normalized spacial score (nSPS) is 15.3. The van der Waals surface area contributed by atoms with E-state index in [1.807, 2.05) is 6.92 Å². The van der Waals surface area contributed by atoms with Gasteiger partial charge in [-0.05, 0) is 31.4 Å². The lowest BCUT2D eigenvalue weighted by Gasteiger charge is -2.06. The van der Waals surface area contributed by atoms with Crippen LogP contribution < -0.4 is 5.32 Å². The van der Waals surface area contributed by atoms with Crippen LogP contribution >= 0.6 is 11.6 Å². The van der Waals surface area contributed by atoms with Crippen molar-refractivity contribution in [2.24, 2.45) is 5.92 Å². The number of rotatable bonds is 2. The minimum Gasteiger partial charge on any atom is -0.310 e. The van der Waals surface area contributed by atoms with Gasteiger partial charge in [-0.1, -0.05) is 11.6 Å². The number of nitrogens with zero attached hydrogens (tertiary/aromatic N) is 1. The van der Waals surface area contributed by atoms with Crippen LogP contribution in [0.2, 0.25) is 5.02 Å². The highest BCUT2D eigenvalue weighted by Crippen LogP contribution is 2.30. The number of anilines is 1. The van der Waals surface area contributed by atoms with Gasteiger partial charge in [-0.25, -0.2) is 4.98 Å². The molecule has 74 valence electrons. The number of hydrogen-bond acceptors (Lipinski definition) is 2. The molecule has 1 saturated carbocycles. The second-order valence-electron chi connectivity index (χ2n) is 3.58. The summed E-state index contributed by atoms with van der Waals surface area (Å²) in [5, 5.41) is 3.38. The van der Waals surface area contributed by atoms with Gasteiger partial charge in [-0.2, -0.15) is 0 Å². The van der Waals surface area contributed by atoms with E-state index in [4.69, 9.17) is 11.6 Å². The third kappa shape index (κ3) is 2.04. The zero-order valence-electron chi connectivity index (χ0n) is 7.88. The number of carbonyl (C=O) groups is 1. The highest BCUT2D eigenvalue weighted by Gasteiger charge is 2.29. The van der Waals surface area contributed by atoms with E-state index < -0.39 is 0 Å². The van der Waals surface area contributed by atoms with Crippen LogP contribution in [0, 0.1) is 12.8 Å². The molecule has 1 fully saturated rings. The second-order valence-corrected chi connectivity index (χ2v) is 4.02. The topological polar surface area (TPSA) is 42.0 Å². The van der Waals surface area contributed by atoms with Crippen LogP contribution in [-0.4, -0.2) is 10.9 Å². The maximum absolute atomic E-state index is 11.4. The summed E-state index contributed by atoms with van der Waals surface area (Å²) in [6.07, 6.45) is 3.54. The molecule has 1 N–H and O–H groups in total. The molecule has 0 aliphatic heterocycles. The molecule has 4 heteroatoms. The minimum atomic E-state index is 0.0722. The number of amides is 1. The van der Waals surface area contributed by atoms with Gasteiger partial charge in [-0.15, -0.1) is 0 Å². The van der Waals surface area contributed by atoms with Gasteiger partial charge >= 0.3 is 0 Å². The predicted octanol–water partition coefficient (Wildman–Crippen LogP) is 2.39. The summed E-state index contributed by atoms with van der Waals surface area (Å²) in [5.74, 6) is 0.890. The Morgan fingerprint density at radius 1 is 1.64 bits per heavy atom. The summed E-state index contributed by atoms with van der Waals surface area (Å²) in [7, 11) is 0. The Hall–Kier alpha value is -1.09. The van der Waals surface area contributed by atoms with Gasteiger partial charge in [0.15, 0.2) is 0 Å². The highest BCUT2D eigenvalue weighted by atomic mass is 35.5. The molecule has 1 amide bonds. The zero-order valence-corrected chi connectivity index (χ0v) is 8.64. The Bertz CT molecular complexity index is 374. The molecule has 0 spiro atoms. The van der Waals surface area contributed by atoms with Crippen molar-refractivity contribution in [1.29, 1.82) is 0 Å². The van der Waals surface area contributed by atoms with Crippen molar-refractivity contribution in [1.82, 2.24) is 4.98 Å². The third-order valence-corrected chi connectivity index (χ3v) is 2.44. The van der Waals surface area contributed by atoms with E-state index in [1.54, 1.807) is 6.07 Å². The van der Waals surface area contributed by atoms with Crippen LogP contribution in [0.3, 0.4) is 0 Å². The van der Waals surface area contributed by atoms with E-state index in [1.165, 1.54) is 6.20 Å². The zero-order chi connectivity index (χ0) is 10.1. The number of carbonyl (C=O) groups excluding carboxylic acids is 1. The smallest absolute Gasteiger partial charge is 0.228 e. The summed E-state index contributed by atoms with van der Waals surface area (Å²) >= 11 is 5.75. The first-order valence-electron chi connectivity index (χ1n) is 4.60. The summed E-state index contributed by atoms with van der Waals surface area (Å²) < 4.78 is 0. The summed E-state index contributed by atoms with van der Waals surface area (Å²) in [6, 6.07) is 1.79. The fourth-order valence-corrected chi connectivity index (χ4v) is 1.45. The van der Waals surface area contributed by atoms with Crippen molar-refractivity contribution in [3.63, 3.8) is 0 Å². The van der Waals surface area contributed by atoms with Crippen LogP contribution in [0.15, 0.2) is 12.3 Å². The SMILES string of the molecule is Cc1cc(Cl)cnc1NC(=O)C1CC1. The van der Waals surface area contributed by atoms with E-state index in [2.05, 4.69) is 10.3 Å². The van der Waals surface area contributed by atoms with E-state index in [9.17, 15) is 4.79 Å². The molecule has 2 rings (SSSR count). The third-order valence-electron chi connectivity index (χ3n) is 2.23. The lowest BCUT2D eigenvalue weighted by Crippen LogP contribution is -2.15. The number of nitrogens with one attached hydrogen (secondary N) is 1. The van der Waals surface area contributed by atoms with Crippen molar-refractivity contribution in [2.45, 2.75) is 19.8 Å². The molecule has 1 heterocycles. The maximum atomic E-state index is 11.4. The molecule has 1 aliphatic carbocycles. The number of halogens is 1. The van der Waals surface area contributed by atoms with Gasteiger partial charge in [0.05, 0.1) is 5.02 Å². The van der Waals surface area contributed by atoms with Gasteiger partial charge in [-0.3, -0.25) is 4.79 Å². The first kappa shape index (κ1) is 9.46. The Kier molecular flexibility index (Phi) is 2.42. The molecule has 0 saturated heterocycles. The van der Waals surface area contributed by atoms with Crippen molar-refractivity contribution in [2.75, 3.05) is 5.32 Å². The van der Waals surface area contributed by atoms with Gasteiger partial charge < -0.3 is 5.32 Å². The number of pyridine rings is 1. The molecule has 0 aromatic carbocycles. The summed E-state index contributed by atoms with van der Waals surface area (Å²) in [4.78, 5) is 15.5. The Morgan fingerprint density at radius 3 is 2.93 bits per heavy atom. The molecule has 0 unspecified atom stereocenters. The minimum absolute atomic E-state index is 0.0722. The van der Waals surface area contributed by atoms with Gasteiger partial charge in [0.2, 0.25) is 5.91 Å². The lowest BCUT2D eigenvalue weighted by atomic mass is 10.3. The molecule has 1 aromatic rings. The van der Waals surface area contributed by atoms with E-state index in [0.717, 1.165) is 18.4 Å². The Balaban J connectivity index is 2.11. The van der Waals surface area contributed by atoms with Gasteiger partial charge in [0, 0.05) is 12.1 Å². The molecule has 3 nitrogen and oxygen atoms in total. The molecule has 14 heavy (non-hydrogen) atoms. The second kappa shape index (κ2) is 3.58. The standard InChI is InChI=1S/C10H11ClN2O/c1-6-4-8(11)5-12-9(6)13-10(14)7-2-3-7/h4-5,7H,2-3H2,1H3,(H,12,13,14). The highest BCUT2D eigenvalue weighted by molar-refractivity contribution is 6.30. The molecular weight excluding hydrogens is 200 g/mol. The molecular formula is C10H11ClN2O. The average Bonchev–Trinajstić information content (AvgIpc) is 2.92. The van der Waals surface area contributed by atoms with Crippen LogP contribution in [0.1, 0.15) is 18.4 Å². The number of hydrogen-bond donors (Lipinski definition) is 1. The van der Waals surface area contributed by atoms with Crippen molar-refractivity contribution in [3.8, 4) is 0 Å². The molecule has 0 bridgehead atoms. The van der Waals surface area contributed by atoms with Crippen molar-refractivity contribution in [3.05, 3.63) is 22.8 Å². The van der Waals surface area contributed by atoms with Crippen LogP contribution in [0.5, 0.6) is 0 Å². The van der Waals surface area contributed by atoms with Gasteiger partial charge in [0.1, 0.15) is 5.82 Å². The molecule has 0 atom stereocenters. The maximum Gasteiger partial charge on any atom is 0.228 e. The first-order chi connectivity index (χ1) is 6.66. The van der Waals surface area contributed by atoms with E-state index >= 15 is 0 Å². The first-order valence-corrected chi connectivity index (χ1v) is 4.97. The Morgan fingerprint density at radius 2 is 2.36 bits per heavy atom. The van der Waals surface area contributed by atoms with Gasteiger partial charge in [0.25, 0.3) is 0 Å². The predicted molar refractivity (Wildman–Crippen MR) is 55.3 cm³/mol. The fraction of sp³-hybridized carbons (Fsp3) is 0.400. The van der Waals surface area contributed by atoms with E-state index in [-0.39, 0.29) is 11.8 Å². The number of aromatic nitrogens is 1. The van der Waals surface area contributed by atoms with Crippen LogP contribution in [-0.2, 0) is 4.79 Å². The van der Waals surface area contributed by atoms with Crippen LogP contribution in [0.4, 0.5) is 5.82 Å². The van der Waals surface area contributed by atoms with Crippen molar-refractivity contribution >= 4 is 23.3 Å². The summed E-state index contributed by atoms with van der Waals surface area (Å²) in [6.45, 7) is 1.88. The molecule has 1 aromatic heterocycles. The van der Waals surface area contributed by atoms with Crippen molar-refractivity contribution < 1.29 is 4.79 Å². The number of aryl methyl sites for hydroxylation is 1. The lowest BCUT2D eigenvalue weighted by molar-refractivity contribution is -0.117. The quantitative estimate of drug-likeness (QED) is 0.815. The Labute approximate surface area is 87.5 Å². The molecule has 1 aliphatic rings. The van der Waals surface area contributed by atoms with E-state index in [0.29, 0.717) is 10.8 Å². The fourth-order valence-electron chi connectivity index (χ4n) is 1.24. The van der Waals surface area contributed by atoms with Crippen LogP contribution in [0.25, 0.3) is 0 Å². The summed E-state index contributed by atoms with van der Waals surface area (Å²) in [5.41, 5.74) is 0.895. The monoisotopic (exact) mass is 210 g/mol. The molecule has 0 radical (unpaired) electrons. The average molecular weight is 211 g/mol.